The van der Waals surface area contributed by atoms with Crippen LogP contribution in [-0.4, -0.2) is 12.1 Å². The molecule has 0 bridgehead atoms. The first-order valence-corrected chi connectivity index (χ1v) is 7.50. The zero-order valence-corrected chi connectivity index (χ0v) is 11.9. The standard InChI is InChI=1S/C16H29N/c1-16(2,3)17-12-15(11-13-9-10-13)14-7-5-4-6-8-14/h11,13-14,17H,4-10,12H2,1-3H3. The van der Waals surface area contributed by atoms with E-state index in [2.05, 4.69) is 32.2 Å². The SMILES string of the molecule is CC(C)(C)NCC(=CC1CC1)C1CCCCC1. The maximum absolute atomic E-state index is 3.68. The summed E-state index contributed by atoms with van der Waals surface area (Å²) in [5.41, 5.74) is 1.97. The van der Waals surface area contributed by atoms with E-state index in [-0.39, 0.29) is 5.54 Å². The van der Waals surface area contributed by atoms with E-state index in [1.165, 1.54) is 44.9 Å². The van der Waals surface area contributed by atoms with Gasteiger partial charge in [-0.3, -0.25) is 0 Å². The van der Waals surface area contributed by atoms with Gasteiger partial charge in [-0.05, 0) is 58.3 Å². The lowest BCUT2D eigenvalue weighted by Gasteiger charge is -2.28. The summed E-state index contributed by atoms with van der Waals surface area (Å²) >= 11 is 0. The molecule has 98 valence electrons. The Bertz CT molecular complexity index is 262. The van der Waals surface area contributed by atoms with Crippen LogP contribution in [-0.2, 0) is 0 Å². The molecule has 17 heavy (non-hydrogen) atoms. The van der Waals surface area contributed by atoms with Gasteiger partial charge in [0.2, 0.25) is 0 Å². The van der Waals surface area contributed by atoms with Gasteiger partial charge in [0.1, 0.15) is 0 Å². The zero-order chi connectivity index (χ0) is 12.3. The highest BCUT2D eigenvalue weighted by Gasteiger charge is 2.24. The maximum Gasteiger partial charge on any atom is 0.0172 e. The molecule has 0 unspecified atom stereocenters. The monoisotopic (exact) mass is 235 g/mol. The van der Waals surface area contributed by atoms with E-state index in [4.69, 9.17) is 0 Å². The average molecular weight is 235 g/mol. The molecule has 0 atom stereocenters. The van der Waals surface area contributed by atoms with Gasteiger partial charge in [0.25, 0.3) is 0 Å². The molecule has 0 radical (unpaired) electrons. The first-order chi connectivity index (χ1) is 8.04. The van der Waals surface area contributed by atoms with Crippen molar-refractivity contribution in [2.45, 2.75) is 71.3 Å². The van der Waals surface area contributed by atoms with E-state index < -0.39 is 0 Å². The maximum atomic E-state index is 3.68. The number of hydrogen-bond acceptors (Lipinski definition) is 1. The molecule has 0 aromatic heterocycles. The fourth-order valence-electron chi connectivity index (χ4n) is 2.75. The molecule has 2 aliphatic rings. The third kappa shape index (κ3) is 4.83. The van der Waals surface area contributed by atoms with Crippen molar-refractivity contribution >= 4 is 0 Å². The molecule has 0 saturated heterocycles. The van der Waals surface area contributed by atoms with Crippen LogP contribution in [0.4, 0.5) is 0 Å². The summed E-state index contributed by atoms with van der Waals surface area (Å²) in [4.78, 5) is 0. The summed E-state index contributed by atoms with van der Waals surface area (Å²) in [5, 5.41) is 3.68. The van der Waals surface area contributed by atoms with Gasteiger partial charge in [-0.2, -0.15) is 0 Å². The van der Waals surface area contributed by atoms with Crippen LogP contribution in [0.3, 0.4) is 0 Å². The summed E-state index contributed by atoms with van der Waals surface area (Å²) in [6.07, 6.45) is 12.7. The van der Waals surface area contributed by atoms with Gasteiger partial charge in [0.05, 0.1) is 0 Å². The van der Waals surface area contributed by atoms with E-state index in [1.807, 2.05) is 0 Å². The molecule has 2 fully saturated rings. The Balaban J connectivity index is 1.92. The van der Waals surface area contributed by atoms with Gasteiger partial charge in [-0.25, -0.2) is 0 Å². The third-order valence-electron chi connectivity index (χ3n) is 4.02. The molecule has 1 heteroatoms. The molecule has 2 rings (SSSR count). The minimum Gasteiger partial charge on any atom is -0.308 e. The molecule has 2 saturated carbocycles. The van der Waals surface area contributed by atoms with Crippen molar-refractivity contribution in [2.24, 2.45) is 11.8 Å². The first kappa shape index (κ1) is 13.1. The Morgan fingerprint density at radius 1 is 1.06 bits per heavy atom. The van der Waals surface area contributed by atoms with E-state index >= 15 is 0 Å². The molecule has 0 aromatic rings. The van der Waals surface area contributed by atoms with Crippen molar-refractivity contribution in [2.75, 3.05) is 6.54 Å². The van der Waals surface area contributed by atoms with Crippen molar-refractivity contribution in [3.63, 3.8) is 0 Å². The second-order valence-electron chi connectivity index (χ2n) is 7.02. The Morgan fingerprint density at radius 3 is 2.24 bits per heavy atom. The van der Waals surface area contributed by atoms with Gasteiger partial charge in [-0.1, -0.05) is 30.9 Å². The van der Waals surface area contributed by atoms with Gasteiger partial charge in [0, 0.05) is 12.1 Å². The minimum absolute atomic E-state index is 0.247. The minimum atomic E-state index is 0.247. The Kier molecular flexibility index (Phi) is 4.30. The number of nitrogens with one attached hydrogen (secondary N) is 1. The fraction of sp³-hybridized carbons (Fsp3) is 0.875. The van der Waals surface area contributed by atoms with Crippen LogP contribution in [0.5, 0.6) is 0 Å². The van der Waals surface area contributed by atoms with E-state index in [0.29, 0.717) is 0 Å². The van der Waals surface area contributed by atoms with Crippen LogP contribution < -0.4 is 5.32 Å². The molecule has 1 nitrogen and oxygen atoms in total. The molecule has 0 amide bonds. The zero-order valence-electron chi connectivity index (χ0n) is 11.9. The van der Waals surface area contributed by atoms with E-state index in [9.17, 15) is 0 Å². The highest BCUT2D eigenvalue weighted by atomic mass is 14.9. The van der Waals surface area contributed by atoms with E-state index in [1.54, 1.807) is 5.57 Å². The van der Waals surface area contributed by atoms with Crippen LogP contribution in [0.2, 0.25) is 0 Å². The molecule has 2 aliphatic carbocycles. The Hall–Kier alpha value is -0.300. The van der Waals surface area contributed by atoms with Crippen LogP contribution in [0.1, 0.15) is 65.7 Å². The van der Waals surface area contributed by atoms with Crippen molar-refractivity contribution in [1.82, 2.24) is 5.32 Å². The van der Waals surface area contributed by atoms with Crippen LogP contribution in [0.25, 0.3) is 0 Å². The molecule has 0 heterocycles. The van der Waals surface area contributed by atoms with Crippen molar-refractivity contribution in [3.05, 3.63) is 11.6 Å². The summed E-state index contributed by atoms with van der Waals surface area (Å²) in [6, 6.07) is 0. The predicted octanol–water partition coefficient (Wildman–Crippen LogP) is 4.29. The second kappa shape index (κ2) is 5.56. The molecular weight excluding hydrogens is 206 g/mol. The normalized spacial score (nSPS) is 24.1. The quantitative estimate of drug-likeness (QED) is 0.717. The molecule has 0 aromatic carbocycles. The predicted molar refractivity (Wildman–Crippen MR) is 75.1 cm³/mol. The van der Waals surface area contributed by atoms with Gasteiger partial charge >= 0.3 is 0 Å². The molecule has 1 N–H and O–H groups in total. The summed E-state index contributed by atoms with van der Waals surface area (Å²) in [6.45, 7) is 7.92. The highest BCUT2D eigenvalue weighted by molar-refractivity contribution is 5.14. The van der Waals surface area contributed by atoms with Gasteiger partial charge in [-0.15, -0.1) is 0 Å². The van der Waals surface area contributed by atoms with Crippen LogP contribution in [0, 0.1) is 11.8 Å². The lowest BCUT2D eigenvalue weighted by atomic mass is 9.83. The summed E-state index contributed by atoms with van der Waals surface area (Å²) in [5.74, 6) is 1.81. The van der Waals surface area contributed by atoms with Crippen LogP contribution >= 0.6 is 0 Å². The van der Waals surface area contributed by atoms with Gasteiger partial charge < -0.3 is 5.32 Å². The lowest BCUT2D eigenvalue weighted by molar-refractivity contribution is 0.375. The number of rotatable bonds is 4. The van der Waals surface area contributed by atoms with Crippen LogP contribution in [0.15, 0.2) is 11.6 Å². The summed E-state index contributed by atoms with van der Waals surface area (Å²) < 4.78 is 0. The van der Waals surface area contributed by atoms with Gasteiger partial charge in [0.15, 0.2) is 0 Å². The van der Waals surface area contributed by atoms with Crippen molar-refractivity contribution < 1.29 is 0 Å². The summed E-state index contributed by atoms with van der Waals surface area (Å²) in [7, 11) is 0. The lowest BCUT2D eigenvalue weighted by Crippen LogP contribution is -2.38. The molecule has 0 spiro atoms. The molecular formula is C16H29N. The third-order valence-corrected chi connectivity index (χ3v) is 4.02. The van der Waals surface area contributed by atoms with Crippen molar-refractivity contribution in [3.8, 4) is 0 Å². The first-order valence-electron chi connectivity index (χ1n) is 7.50. The number of hydrogen-bond donors (Lipinski definition) is 1. The topological polar surface area (TPSA) is 12.0 Å². The Morgan fingerprint density at radius 2 is 1.71 bits per heavy atom. The fourth-order valence-corrected chi connectivity index (χ4v) is 2.75. The van der Waals surface area contributed by atoms with E-state index in [0.717, 1.165) is 18.4 Å². The number of allylic oxidation sites excluding steroid dienone is 1. The highest BCUT2D eigenvalue weighted by Crippen LogP contribution is 2.36. The average Bonchev–Trinajstić information content (AvgIpc) is 3.08. The molecule has 0 aliphatic heterocycles. The Labute approximate surface area is 107 Å². The smallest absolute Gasteiger partial charge is 0.0172 e. The second-order valence-corrected chi connectivity index (χ2v) is 7.02. The largest absolute Gasteiger partial charge is 0.308 e. The van der Waals surface area contributed by atoms with Crippen molar-refractivity contribution in [1.29, 1.82) is 0 Å².